The molecule has 0 aliphatic rings. The first-order valence-corrected chi connectivity index (χ1v) is 4.38. The van der Waals surface area contributed by atoms with Crippen LogP contribution in [0.3, 0.4) is 0 Å². The predicted octanol–water partition coefficient (Wildman–Crippen LogP) is 2.19. The van der Waals surface area contributed by atoms with Gasteiger partial charge in [0.1, 0.15) is 11.6 Å². The van der Waals surface area contributed by atoms with Crippen LogP contribution in [0.2, 0.25) is 0 Å². The Bertz CT molecular complexity index is 459. The molecule has 1 aromatic carbocycles. The maximum Gasteiger partial charge on any atom is 0.207 e. The van der Waals surface area contributed by atoms with Gasteiger partial charge in [0.15, 0.2) is 0 Å². The number of rotatable bonds is 2. The van der Waals surface area contributed by atoms with Crippen molar-refractivity contribution >= 4 is 5.95 Å². The highest BCUT2D eigenvalue weighted by Gasteiger charge is 2.05. The normalized spacial score (nSPS) is 10.3. The van der Waals surface area contributed by atoms with Crippen molar-refractivity contribution < 1.29 is 8.78 Å². The maximum atomic E-state index is 13.0. The third-order valence-corrected chi connectivity index (χ3v) is 1.99. The van der Waals surface area contributed by atoms with Crippen molar-refractivity contribution in [2.75, 3.05) is 12.4 Å². The molecule has 0 amide bonds. The van der Waals surface area contributed by atoms with E-state index in [4.69, 9.17) is 0 Å². The minimum Gasteiger partial charge on any atom is -0.358 e. The van der Waals surface area contributed by atoms with E-state index in [9.17, 15) is 8.78 Å². The number of nitrogens with one attached hydrogen (secondary N) is 1. The minimum absolute atomic E-state index is 0.398. The summed E-state index contributed by atoms with van der Waals surface area (Å²) in [5.74, 6) is -0.693. The van der Waals surface area contributed by atoms with Crippen LogP contribution in [0.1, 0.15) is 0 Å². The largest absolute Gasteiger partial charge is 0.358 e. The highest BCUT2D eigenvalue weighted by Crippen LogP contribution is 2.16. The van der Waals surface area contributed by atoms with Crippen LogP contribution in [0.5, 0.6) is 0 Å². The lowest BCUT2D eigenvalue weighted by atomic mass is 10.3. The van der Waals surface area contributed by atoms with E-state index in [0.717, 1.165) is 6.07 Å². The van der Waals surface area contributed by atoms with Gasteiger partial charge in [0, 0.05) is 25.5 Å². The molecule has 15 heavy (non-hydrogen) atoms. The number of imidazole rings is 1. The van der Waals surface area contributed by atoms with Gasteiger partial charge in [-0.2, -0.15) is 0 Å². The minimum atomic E-state index is -0.610. The van der Waals surface area contributed by atoms with Gasteiger partial charge >= 0.3 is 0 Å². The molecule has 0 radical (unpaired) electrons. The van der Waals surface area contributed by atoms with E-state index in [-0.39, 0.29) is 0 Å². The fourth-order valence-corrected chi connectivity index (χ4v) is 1.38. The van der Waals surface area contributed by atoms with Gasteiger partial charge in [-0.3, -0.25) is 4.57 Å². The first-order valence-electron chi connectivity index (χ1n) is 4.38. The number of hydrogen-bond donors (Lipinski definition) is 1. The van der Waals surface area contributed by atoms with E-state index < -0.39 is 11.6 Å². The van der Waals surface area contributed by atoms with Crippen molar-refractivity contribution in [2.45, 2.75) is 0 Å². The topological polar surface area (TPSA) is 29.9 Å². The highest BCUT2D eigenvalue weighted by molar-refractivity contribution is 5.41. The summed E-state index contributed by atoms with van der Waals surface area (Å²) in [5, 5.41) is 2.82. The fourth-order valence-electron chi connectivity index (χ4n) is 1.38. The van der Waals surface area contributed by atoms with Gasteiger partial charge in [-0.1, -0.05) is 0 Å². The Morgan fingerprint density at radius 3 is 2.47 bits per heavy atom. The average molecular weight is 209 g/mol. The highest BCUT2D eigenvalue weighted by atomic mass is 19.1. The van der Waals surface area contributed by atoms with Crippen LogP contribution in [0.25, 0.3) is 5.69 Å². The Hall–Kier alpha value is -1.91. The second-order valence-electron chi connectivity index (χ2n) is 3.00. The lowest BCUT2D eigenvalue weighted by molar-refractivity contribution is 0.581. The van der Waals surface area contributed by atoms with E-state index in [1.807, 2.05) is 0 Å². The molecule has 0 atom stereocenters. The van der Waals surface area contributed by atoms with Crippen LogP contribution in [0, 0.1) is 11.6 Å². The zero-order valence-corrected chi connectivity index (χ0v) is 8.04. The first kappa shape index (κ1) is 9.64. The molecule has 2 rings (SSSR count). The van der Waals surface area contributed by atoms with Gasteiger partial charge in [0.25, 0.3) is 0 Å². The molecule has 1 heterocycles. The summed E-state index contributed by atoms with van der Waals surface area (Å²) in [4.78, 5) is 3.98. The SMILES string of the molecule is CNc1nccn1-c1cc(F)cc(F)c1. The zero-order valence-electron chi connectivity index (χ0n) is 8.04. The molecule has 2 aromatic rings. The van der Waals surface area contributed by atoms with Crippen molar-refractivity contribution in [1.82, 2.24) is 9.55 Å². The molecule has 5 heteroatoms. The molecular formula is C10H9F2N3. The number of anilines is 1. The van der Waals surface area contributed by atoms with Gasteiger partial charge < -0.3 is 5.32 Å². The number of benzene rings is 1. The van der Waals surface area contributed by atoms with Crippen molar-refractivity contribution in [3.63, 3.8) is 0 Å². The van der Waals surface area contributed by atoms with Crippen LogP contribution >= 0.6 is 0 Å². The summed E-state index contributed by atoms with van der Waals surface area (Å²) in [6.07, 6.45) is 3.18. The molecule has 0 fully saturated rings. The van der Waals surface area contributed by atoms with E-state index in [0.29, 0.717) is 11.6 Å². The molecule has 0 saturated carbocycles. The van der Waals surface area contributed by atoms with Crippen molar-refractivity contribution in [3.8, 4) is 5.69 Å². The third kappa shape index (κ3) is 1.81. The average Bonchev–Trinajstić information content (AvgIpc) is 2.63. The lowest BCUT2D eigenvalue weighted by Gasteiger charge is -2.07. The quantitative estimate of drug-likeness (QED) is 0.821. The Balaban J connectivity index is 2.53. The van der Waals surface area contributed by atoms with Crippen LogP contribution < -0.4 is 5.32 Å². The predicted molar refractivity (Wildman–Crippen MR) is 53.0 cm³/mol. The summed E-state index contributed by atoms with van der Waals surface area (Å²) >= 11 is 0. The smallest absolute Gasteiger partial charge is 0.207 e. The molecule has 0 unspecified atom stereocenters. The zero-order chi connectivity index (χ0) is 10.8. The van der Waals surface area contributed by atoms with Gasteiger partial charge in [0.05, 0.1) is 5.69 Å². The second-order valence-corrected chi connectivity index (χ2v) is 3.00. The molecule has 1 aromatic heterocycles. The van der Waals surface area contributed by atoms with E-state index in [1.54, 1.807) is 24.0 Å². The van der Waals surface area contributed by atoms with Crippen molar-refractivity contribution in [3.05, 3.63) is 42.2 Å². The Morgan fingerprint density at radius 1 is 1.20 bits per heavy atom. The first-order chi connectivity index (χ1) is 7.20. The summed E-state index contributed by atoms with van der Waals surface area (Å²) < 4.78 is 27.5. The lowest BCUT2D eigenvalue weighted by Crippen LogP contribution is -2.01. The Morgan fingerprint density at radius 2 is 1.87 bits per heavy atom. The molecule has 0 spiro atoms. The number of nitrogens with zero attached hydrogens (tertiary/aromatic N) is 2. The van der Waals surface area contributed by atoms with E-state index in [2.05, 4.69) is 10.3 Å². The van der Waals surface area contributed by atoms with Crippen LogP contribution in [-0.4, -0.2) is 16.6 Å². The van der Waals surface area contributed by atoms with Crippen molar-refractivity contribution in [2.24, 2.45) is 0 Å². The molecule has 3 nitrogen and oxygen atoms in total. The van der Waals surface area contributed by atoms with E-state index in [1.165, 1.54) is 12.1 Å². The van der Waals surface area contributed by atoms with Gasteiger partial charge in [-0.05, 0) is 12.1 Å². The third-order valence-electron chi connectivity index (χ3n) is 1.99. The number of aromatic nitrogens is 2. The molecule has 1 N–H and O–H groups in total. The van der Waals surface area contributed by atoms with E-state index >= 15 is 0 Å². The molecule has 0 bridgehead atoms. The van der Waals surface area contributed by atoms with Crippen LogP contribution in [0.15, 0.2) is 30.6 Å². The molecule has 78 valence electrons. The summed E-state index contributed by atoms with van der Waals surface area (Å²) in [6, 6.07) is 3.32. The second kappa shape index (κ2) is 3.68. The molecule has 0 aliphatic carbocycles. The number of halogens is 2. The molecular weight excluding hydrogens is 200 g/mol. The summed E-state index contributed by atoms with van der Waals surface area (Å²) in [6.45, 7) is 0. The van der Waals surface area contributed by atoms with Gasteiger partial charge in [0.2, 0.25) is 5.95 Å². The summed E-state index contributed by atoms with van der Waals surface area (Å²) in [5.41, 5.74) is 0.398. The maximum absolute atomic E-state index is 13.0. The monoisotopic (exact) mass is 209 g/mol. The fraction of sp³-hybridized carbons (Fsp3) is 0.100. The van der Waals surface area contributed by atoms with Gasteiger partial charge in [-0.15, -0.1) is 0 Å². The Labute approximate surface area is 85.4 Å². The summed E-state index contributed by atoms with van der Waals surface area (Å²) in [7, 11) is 1.69. The van der Waals surface area contributed by atoms with Crippen molar-refractivity contribution in [1.29, 1.82) is 0 Å². The van der Waals surface area contributed by atoms with Crippen LogP contribution in [0.4, 0.5) is 14.7 Å². The molecule has 0 saturated heterocycles. The van der Waals surface area contributed by atoms with Crippen LogP contribution in [-0.2, 0) is 0 Å². The molecule has 0 aliphatic heterocycles. The standard InChI is InChI=1S/C10H9F2N3/c1-13-10-14-2-3-15(10)9-5-7(11)4-8(12)6-9/h2-6H,1H3,(H,13,14). The Kier molecular flexibility index (Phi) is 2.37. The van der Waals surface area contributed by atoms with Gasteiger partial charge in [-0.25, -0.2) is 13.8 Å². The number of hydrogen-bond acceptors (Lipinski definition) is 2.